The molecule has 1 aromatic carbocycles. The van der Waals surface area contributed by atoms with Crippen LogP contribution in [-0.2, 0) is 15.7 Å². The van der Waals surface area contributed by atoms with Crippen molar-refractivity contribution in [1.29, 1.82) is 5.26 Å². The molecule has 24 heavy (non-hydrogen) atoms. The van der Waals surface area contributed by atoms with Gasteiger partial charge in [-0.05, 0) is 24.6 Å². The van der Waals surface area contributed by atoms with E-state index in [-0.39, 0.29) is 12.1 Å². The SMILES string of the molecule is N#Cc1ccc(N[C@@H]2CCC3(C[C@H]2N)OCCO3)cc1C(F)(F)F. The summed E-state index contributed by atoms with van der Waals surface area (Å²) in [4.78, 5) is 0. The maximum atomic E-state index is 13.0. The van der Waals surface area contributed by atoms with E-state index in [4.69, 9.17) is 20.5 Å². The van der Waals surface area contributed by atoms with Crippen molar-refractivity contribution in [2.45, 2.75) is 43.3 Å². The van der Waals surface area contributed by atoms with Crippen molar-refractivity contribution < 1.29 is 22.6 Å². The number of nitrogens with zero attached hydrogens (tertiary/aromatic N) is 1. The molecule has 0 radical (unpaired) electrons. The smallest absolute Gasteiger partial charge is 0.381 e. The van der Waals surface area contributed by atoms with Crippen molar-refractivity contribution in [1.82, 2.24) is 0 Å². The molecule has 3 N–H and O–H groups in total. The number of anilines is 1. The highest BCUT2D eigenvalue weighted by Crippen LogP contribution is 2.37. The second kappa shape index (κ2) is 6.24. The van der Waals surface area contributed by atoms with Gasteiger partial charge in [-0.15, -0.1) is 0 Å². The number of benzene rings is 1. The van der Waals surface area contributed by atoms with Crippen LogP contribution in [0.3, 0.4) is 0 Å². The Morgan fingerprint density at radius 3 is 2.58 bits per heavy atom. The fourth-order valence-corrected chi connectivity index (χ4v) is 3.31. The number of nitrogens with one attached hydrogen (secondary N) is 1. The quantitative estimate of drug-likeness (QED) is 0.864. The van der Waals surface area contributed by atoms with E-state index in [1.807, 2.05) is 0 Å². The highest BCUT2D eigenvalue weighted by molar-refractivity contribution is 5.53. The summed E-state index contributed by atoms with van der Waals surface area (Å²) in [5.41, 5.74) is 5.12. The number of ether oxygens (including phenoxy) is 2. The Bertz CT molecular complexity index is 651. The second-order valence-corrected chi connectivity index (χ2v) is 6.14. The molecule has 0 bridgehead atoms. The van der Waals surface area contributed by atoms with Crippen molar-refractivity contribution in [3.63, 3.8) is 0 Å². The fourth-order valence-electron chi connectivity index (χ4n) is 3.31. The first-order valence-corrected chi connectivity index (χ1v) is 7.74. The third kappa shape index (κ3) is 3.34. The molecule has 1 spiro atoms. The molecule has 1 aromatic rings. The normalized spacial score (nSPS) is 26.3. The molecular formula is C16H18F3N3O2. The van der Waals surface area contributed by atoms with E-state index in [1.165, 1.54) is 12.1 Å². The van der Waals surface area contributed by atoms with Gasteiger partial charge in [-0.25, -0.2) is 0 Å². The van der Waals surface area contributed by atoms with E-state index in [9.17, 15) is 13.2 Å². The first kappa shape index (κ1) is 17.0. The van der Waals surface area contributed by atoms with E-state index >= 15 is 0 Å². The van der Waals surface area contributed by atoms with Crippen LogP contribution >= 0.6 is 0 Å². The lowest BCUT2D eigenvalue weighted by Gasteiger charge is -2.40. The Kier molecular flexibility index (Phi) is 4.42. The summed E-state index contributed by atoms with van der Waals surface area (Å²) in [6.45, 7) is 1.07. The lowest BCUT2D eigenvalue weighted by atomic mass is 9.86. The second-order valence-electron chi connectivity index (χ2n) is 6.14. The van der Waals surface area contributed by atoms with Crippen molar-refractivity contribution in [3.05, 3.63) is 29.3 Å². The van der Waals surface area contributed by atoms with E-state index in [0.29, 0.717) is 38.2 Å². The molecule has 0 unspecified atom stereocenters. The van der Waals surface area contributed by atoms with Gasteiger partial charge < -0.3 is 20.5 Å². The minimum atomic E-state index is -4.58. The third-order valence-electron chi connectivity index (χ3n) is 4.51. The van der Waals surface area contributed by atoms with Gasteiger partial charge in [0.15, 0.2) is 5.79 Å². The van der Waals surface area contributed by atoms with Crippen molar-refractivity contribution in [3.8, 4) is 6.07 Å². The Morgan fingerprint density at radius 1 is 1.29 bits per heavy atom. The van der Waals surface area contributed by atoms with Crippen LogP contribution in [0.4, 0.5) is 18.9 Å². The van der Waals surface area contributed by atoms with Gasteiger partial charge in [-0.3, -0.25) is 0 Å². The lowest BCUT2D eigenvalue weighted by molar-refractivity contribution is -0.180. The van der Waals surface area contributed by atoms with Gasteiger partial charge in [0, 0.05) is 30.6 Å². The van der Waals surface area contributed by atoms with Crippen LogP contribution in [-0.4, -0.2) is 31.1 Å². The van der Waals surface area contributed by atoms with Gasteiger partial charge in [0.25, 0.3) is 0 Å². The molecule has 3 rings (SSSR count). The lowest BCUT2D eigenvalue weighted by Crippen LogP contribution is -2.52. The van der Waals surface area contributed by atoms with E-state index in [2.05, 4.69) is 5.32 Å². The van der Waals surface area contributed by atoms with Crippen LogP contribution in [0.5, 0.6) is 0 Å². The standard InChI is InChI=1S/C16H18F3N3O2/c17-16(18,19)12-7-11(2-1-10(12)9-20)22-14-3-4-15(8-13(14)21)23-5-6-24-15/h1-2,7,13-14,22H,3-6,8,21H2/t13-,14-/m1/s1. The molecule has 5 nitrogen and oxygen atoms in total. The molecular weight excluding hydrogens is 323 g/mol. The van der Waals surface area contributed by atoms with Crippen LogP contribution in [0, 0.1) is 11.3 Å². The highest BCUT2D eigenvalue weighted by atomic mass is 19.4. The molecule has 2 atom stereocenters. The number of nitrogens with two attached hydrogens (primary N) is 1. The summed E-state index contributed by atoms with van der Waals surface area (Å²) in [6.07, 6.45) is -2.82. The number of halogens is 3. The molecule has 0 aromatic heterocycles. The predicted octanol–water partition coefficient (Wildman–Crippen LogP) is 2.61. The summed E-state index contributed by atoms with van der Waals surface area (Å²) in [5, 5.41) is 11.9. The van der Waals surface area contributed by atoms with E-state index < -0.39 is 23.1 Å². The van der Waals surface area contributed by atoms with Gasteiger partial charge in [0.05, 0.1) is 30.4 Å². The molecule has 0 amide bonds. The third-order valence-corrected chi connectivity index (χ3v) is 4.51. The van der Waals surface area contributed by atoms with Crippen molar-refractivity contribution in [2.24, 2.45) is 5.73 Å². The maximum Gasteiger partial charge on any atom is 0.417 e. The van der Waals surface area contributed by atoms with Crippen LogP contribution in [0.2, 0.25) is 0 Å². The Balaban J connectivity index is 1.74. The van der Waals surface area contributed by atoms with E-state index in [1.54, 1.807) is 6.07 Å². The van der Waals surface area contributed by atoms with Gasteiger partial charge in [-0.2, -0.15) is 18.4 Å². The van der Waals surface area contributed by atoms with Crippen molar-refractivity contribution >= 4 is 5.69 Å². The van der Waals surface area contributed by atoms with Crippen LogP contribution in [0.25, 0.3) is 0 Å². The fraction of sp³-hybridized carbons (Fsp3) is 0.562. The molecule has 2 fully saturated rings. The Labute approximate surface area is 137 Å². The first-order chi connectivity index (χ1) is 11.3. The van der Waals surface area contributed by atoms with Crippen LogP contribution < -0.4 is 11.1 Å². The maximum absolute atomic E-state index is 13.0. The van der Waals surface area contributed by atoms with Gasteiger partial charge in [0.1, 0.15) is 0 Å². The Hall–Kier alpha value is -1.82. The average Bonchev–Trinajstić information content (AvgIpc) is 2.97. The molecule has 8 heteroatoms. The van der Waals surface area contributed by atoms with Crippen molar-refractivity contribution in [2.75, 3.05) is 18.5 Å². The van der Waals surface area contributed by atoms with Gasteiger partial charge in [-0.1, -0.05) is 0 Å². The summed E-state index contributed by atoms with van der Waals surface area (Å²) >= 11 is 0. The monoisotopic (exact) mass is 341 g/mol. The zero-order valence-electron chi connectivity index (χ0n) is 12.9. The predicted molar refractivity (Wildman–Crippen MR) is 80.0 cm³/mol. The molecule has 1 heterocycles. The molecule has 1 aliphatic carbocycles. The first-order valence-electron chi connectivity index (χ1n) is 7.74. The average molecular weight is 341 g/mol. The molecule has 2 aliphatic rings. The highest BCUT2D eigenvalue weighted by Gasteiger charge is 2.44. The van der Waals surface area contributed by atoms with Crippen LogP contribution in [0.15, 0.2) is 18.2 Å². The van der Waals surface area contributed by atoms with E-state index in [0.717, 1.165) is 6.07 Å². The zero-order valence-corrected chi connectivity index (χ0v) is 12.9. The van der Waals surface area contributed by atoms with Gasteiger partial charge >= 0.3 is 6.18 Å². The molecule has 1 saturated carbocycles. The summed E-state index contributed by atoms with van der Waals surface area (Å²) in [5.74, 6) is -0.639. The summed E-state index contributed by atoms with van der Waals surface area (Å²) in [7, 11) is 0. The Morgan fingerprint density at radius 2 is 2.00 bits per heavy atom. The van der Waals surface area contributed by atoms with Crippen LogP contribution in [0.1, 0.15) is 30.4 Å². The molecule has 130 valence electrons. The number of hydrogen-bond acceptors (Lipinski definition) is 5. The molecule has 1 saturated heterocycles. The largest absolute Gasteiger partial charge is 0.417 e. The number of alkyl halides is 3. The topological polar surface area (TPSA) is 80.3 Å². The summed E-state index contributed by atoms with van der Waals surface area (Å²) in [6, 6.07) is 4.68. The minimum absolute atomic E-state index is 0.183. The summed E-state index contributed by atoms with van der Waals surface area (Å²) < 4.78 is 50.4. The number of hydrogen-bond donors (Lipinski definition) is 2. The molecule has 1 aliphatic heterocycles. The number of nitriles is 1. The minimum Gasteiger partial charge on any atom is -0.381 e. The number of rotatable bonds is 2. The zero-order chi connectivity index (χ0) is 17.4. The van der Waals surface area contributed by atoms with Gasteiger partial charge in [0.2, 0.25) is 0 Å².